The average molecular weight is 326 g/mol. The van der Waals surface area contributed by atoms with Gasteiger partial charge in [-0.1, -0.05) is 26.0 Å². The van der Waals surface area contributed by atoms with Crippen LogP contribution in [-0.4, -0.2) is 34.5 Å². The third-order valence-corrected chi connectivity index (χ3v) is 4.12. The van der Waals surface area contributed by atoms with E-state index < -0.39 is 10.0 Å². The van der Waals surface area contributed by atoms with Gasteiger partial charge in [-0.05, 0) is 36.5 Å². The minimum absolute atomic E-state index is 0.135. The molecular formula is C15H26N4O2S. The first kappa shape index (κ1) is 18.4. The van der Waals surface area contributed by atoms with Gasteiger partial charge >= 0.3 is 0 Å². The van der Waals surface area contributed by atoms with Gasteiger partial charge in [0.15, 0.2) is 5.96 Å². The number of aliphatic imine (C=N–C) groups is 1. The molecule has 0 unspecified atom stereocenters. The van der Waals surface area contributed by atoms with Gasteiger partial charge in [0.25, 0.3) is 0 Å². The summed E-state index contributed by atoms with van der Waals surface area (Å²) in [6, 6.07) is 6.60. The van der Waals surface area contributed by atoms with Crippen molar-refractivity contribution in [2.45, 2.75) is 31.6 Å². The van der Waals surface area contributed by atoms with Gasteiger partial charge in [0.2, 0.25) is 10.0 Å². The van der Waals surface area contributed by atoms with Crippen LogP contribution in [0.5, 0.6) is 0 Å². The molecule has 0 spiro atoms. The van der Waals surface area contributed by atoms with Gasteiger partial charge in [0.1, 0.15) is 0 Å². The molecule has 0 heterocycles. The lowest BCUT2D eigenvalue weighted by molar-refractivity contribution is 0.573. The first-order chi connectivity index (χ1) is 10.3. The van der Waals surface area contributed by atoms with E-state index in [4.69, 9.17) is 5.14 Å². The summed E-state index contributed by atoms with van der Waals surface area (Å²) in [6.45, 7) is 5.97. The van der Waals surface area contributed by atoms with Gasteiger partial charge in [-0.25, -0.2) is 13.6 Å². The molecule has 4 N–H and O–H groups in total. The third kappa shape index (κ3) is 6.91. The predicted molar refractivity (Wildman–Crippen MR) is 90.3 cm³/mol. The Kier molecular flexibility index (Phi) is 7.34. The Bertz CT molecular complexity index is 580. The zero-order valence-electron chi connectivity index (χ0n) is 13.5. The molecular weight excluding hydrogens is 300 g/mol. The SMILES string of the molecule is CN=C(NCCc1ccc(S(N)(=O)=O)cc1)NCCC(C)C. The highest BCUT2D eigenvalue weighted by Gasteiger charge is 2.06. The number of hydrogen-bond donors (Lipinski definition) is 3. The fourth-order valence-electron chi connectivity index (χ4n) is 1.87. The molecule has 0 bridgehead atoms. The van der Waals surface area contributed by atoms with Crippen molar-refractivity contribution in [2.24, 2.45) is 16.0 Å². The molecule has 0 fully saturated rings. The molecule has 0 aliphatic rings. The number of primary sulfonamides is 1. The topological polar surface area (TPSA) is 96.6 Å². The summed E-state index contributed by atoms with van der Waals surface area (Å²) in [5, 5.41) is 11.6. The van der Waals surface area contributed by atoms with Crippen LogP contribution in [0, 0.1) is 5.92 Å². The highest BCUT2D eigenvalue weighted by molar-refractivity contribution is 7.89. The van der Waals surface area contributed by atoms with E-state index >= 15 is 0 Å². The lowest BCUT2D eigenvalue weighted by Gasteiger charge is -2.12. The minimum atomic E-state index is -3.62. The summed E-state index contributed by atoms with van der Waals surface area (Å²) in [5.74, 6) is 1.43. The van der Waals surface area contributed by atoms with Crippen molar-refractivity contribution in [3.05, 3.63) is 29.8 Å². The Morgan fingerprint density at radius 3 is 2.27 bits per heavy atom. The maximum Gasteiger partial charge on any atom is 0.238 e. The van der Waals surface area contributed by atoms with Crippen LogP contribution in [0.15, 0.2) is 34.2 Å². The van der Waals surface area contributed by atoms with Crippen LogP contribution in [0.1, 0.15) is 25.8 Å². The van der Waals surface area contributed by atoms with E-state index in [9.17, 15) is 8.42 Å². The second kappa shape index (κ2) is 8.75. The van der Waals surface area contributed by atoms with Crippen LogP contribution in [0.2, 0.25) is 0 Å². The van der Waals surface area contributed by atoms with Crippen molar-refractivity contribution in [1.29, 1.82) is 0 Å². The molecule has 0 saturated carbocycles. The lowest BCUT2D eigenvalue weighted by Crippen LogP contribution is -2.39. The van der Waals surface area contributed by atoms with Crippen LogP contribution in [0.4, 0.5) is 0 Å². The van der Waals surface area contributed by atoms with E-state index in [1.165, 1.54) is 12.1 Å². The van der Waals surface area contributed by atoms with Crippen LogP contribution in [0.25, 0.3) is 0 Å². The number of nitrogens with zero attached hydrogens (tertiary/aromatic N) is 1. The molecule has 7 heteroatoms. The Hall–Kier alpha value is -1.60. The molecule has 0 aliphatic heterocycles. The fourth-order valence-corrected chi connectivity index (χ4v) is 2.39. The second-order valence-corrected chi connectivity index (χ2v) is 7.11. The lowest BCUT2D eigenvalue weighted by atomic mass is 10.1. The molecule has 0 atom stereocenters. The van der Waals surface area contributed by atoms with E-state index in [0.29, 0.717) is 5.92 Å². The molecule has 0 aromatic heterocycles. The number of guanidine groups is 1. The molecule has 0 aliphatic carbocycles. The van der Waals surface area contributed by atoms with E-state index in [1.54, 1.807) is 19.2 Å². The Labute approximate surface area is 133 Å². The zero-order chi connectivity index (χ0) is 16.6. The smallest absolute Gasteiger partial charge is 0.238 e. The predicted octanol–water partition coefficient (Wildman–Crippen LogP) is 1.09. The molecule has 124 valence electrons. The molecule has 1 aromatic rings. The molecule has 6 nitrogen and oxygen atoms in total. The van der Waals surface area contributed by atoms with Crippen molar-refractivity contribution in [1.82, 2.24) is 10.6 Å². The van der Waals surface area contributed by atoms with Crippen molar-refractivity contribution < 1.29 is 8.42 Å². The van der Waals surface area contributed by atoms with Crippen LogP contribution in [-0.2, 0) is 16.4 Å². The number of nitrogens with one attached hydrogen (secondary N) is 2. The molecule has 0 amide bonds. The fraction of sp³-hybridized carbons (Fsp3) is 0.533. The quantitative estimate of drug-likeness (QED) is 0.516. The van der Waals surface area contributed by atoms with Gasteiger partial charge in [-0.15, -0.1) is 0 Å². The van der Waals surface area contributed by atoms with Crippen LogP contribution < -0.4 is 15.8 Å². The average Bonchev–Trinajstić information content (AvgIpc) is 2.45. The van der Waals surface area contributed by atoms with Gasteiger partial charge in [0.05, 0.1) is 4.90 Å². The molecule has 22 heavy (non-hydrogen) atoms. The summed E-state index contributed by atoms with van der Waals surface area (Å²) in [4.78, 5) is 4.30. The summed E-state index contributed by atoms with van der Waals surface area (Å²) in [6.07, 6.45) is 1.87. The summed E-state index contributed by atoms with van der Waals surface area (Å²) < 4.78 is 22.4. The van der Waals surface area contributed by atoms with Crippen molar-refractivity contribution in [3.8, 4) is 0 Å². The molecule has 0 saturated heterocycles. The first-order valence-electron chi connectivity index (χ1n) is 7.39. The molecule has 0 radical (unpaired) electrons. The number of nitrogens with two attached hydrogens (primary N) is 1. The highest BCUT2D eigenvalue weighted by atomic mass is 32.2. The first-order valence-corrected chi connectivity index (χ1v) is 8.94. The number of hydrogen-bond acceptors (Lipinski definition) is 3. The van der Waals surface area contributed by atoms with E-state index in [1.807, 2.05) is 0 Å². The number of rotatable bonds is 7. The molecule has 1 aromatic carbocycles. The van der Waals surface area contributed by atoms with Crippen molar-refractivity contribution >= 4 is 16.0 Å². The summed E-state index contributed by atoms with van der Waals surface area (Å²) in [5.41, 5.74) is 1.04. The monoisotopic (exact) mass is 326 g/mol. The minimum Gasteiger partial charge on any atom is -0.356 e. The highest BCUT2D eigenvalue weighted by Crippen LogP contribution is 2.08. The zero-order valence-corrected chi connectivity index (χ0v) is 14.3. The number of sulfonamides is 1. The van der Waals surface area contributed by atoms with E-state index in [0.717, 1.165) is 37.5 Å². The van der Waals surface area contributed by atoms with Gasteiger partial charge in [0, 0.05) is 20.1 Å². The maximum atomic E-state index is 11.2. The Morgan fingerprint density at radius 2 is 1.77 bits per heavy atom. The van der Waals surface area contributed by atoms with Crippen LogP contribution >= 0.6 is 0 Å². The van der Waals surface area contributed by atoms with Gasteiger partial charge in [-0.2, -0.15) is 0 Å². The van der Waals surface area contributed by atoms with E-state index in [-0.39, 0.29) is 4.90 Å². The normalized spacial score (nSPS) is 12.5. The van der Waals surface area contributed by atoms with E-state index in [2.05, 4.69) is 29.5 Å². The van der Waals surface area contributed by atoms with Gasteiger partial charge < -0.3 is 10.6 Å². The Morgan fingerprint density at radius 1 is 1.18 bits per heavy atom. The largest absolute Gasteiger partial charge is 0.356 e. The molecule has 1 rings (SSSR count). The summed E-state index contributed by atoms with van der Waals surface area (Å²) >= 11 is 0. The Balaban J connectivity index is 2.39. The maximum absolute atomic E-state index is 11.2. The summed E-state index contributed by atoms with van der Waals surface area (Å²) in [7, 11) is -1.88. The third-order valence-electron chi connectivity index (χ3n) is 3.20. The second-order valence-electron chi connectivity index (χ2n) is 5.55. The van der Waals surface area contributed by atoms with Crippen LogP contribution in [0.3, 0.4) is 0 Å². The number of benzene rings is 1. The van der Waals surface area contributed by atoms with Gasteiger partial charge in [-0.3, -0.25) is 4.99 Å². The van der Waals surface area contributed by atoms with Crippen molar-refractivity contribution in [2.75, 3.05) is 20.1 Å². The van der Waals surface area contributed by atoms with Crippen molar-refractivity contribution in [3.63, 3.8) is 0 Å². The standard InChI is InChI=1S/C15H26N4O2S/c1-12(2)8-10-18-15(17-3)19-11-9-13-4-6-14(7-5-13)22(16,20)21/h4-7,12H,8-11H2,1-3H3,(H2,16,20,21)(H2,17,18,19).